The van der Waals surface area contributed by atoms with Crippen LogP contribution in [0.15, 0.2) is 24.5 Å². The maximum atomic E-state index is 13.3. The third kappa shape index (κ3) is 3.32. The van der Waals surface area contributed by atoms with Gasteiger partial charge in [0.15, 0.2) is 0 Å². The van der Waals surface area contributed by atoms with Gasteiger partial charge in [-0.25, -0.2) is 14.8 Å². The number of aryl methyl sites for hydroxylation is 1. The molecule has 26 heavy (non-hydrogen) atoms. The molecule has 2 aromatic heterocycles. The molecule has 0 radical (unpaired) electrons. The number of hydrogen-bond donors (Lipinski definition) is 1. The number of ether oxygens (including phenoxy) is 1. The lowest BCUT2D eigenvalue weighted by Gasteiger charge is -2.15. The Morgan fingerprint density at radius 2 is 2.04 bits per heavy atom. The van der Waals surface area contributed by atoms with E-state index in [1.807, 2.05) is 0 Å². The average Bonchev–Trinajstić information content (AvgIpc) is 2.93. The van der Waals surface area contributed by atoms with Crippen molar-refractivity contribution in [2.24, 2.45) is 0 Å². The number of anilines is 2. The molecule has 0 amide bonds. The molecule has 5 nitrogen and oxygen atoms in total. The van der Waals surface area contributed by atoms with E-state index in [-0.39, 0.29) is 16.5 Å². The number of hydrogen-bond acceptors (Lipinski definition) is 6. The molecule has 1 N–H and O–H groups in total. The topological polar surface area (TPSA) is 64.1 Å². The van der Waals surface area contributed by atoms with Crippen molar-refractivity contribution in [2.45, 2.75) is 13.1 Å². The van der Waals surface area contributed by atoms with Gasteiger partial charge < -0.3 is 10.1 Å². The fourth-order valence-corrected chi connectivity index (χ4v) is 3.68. The lowest BCUT2D eigenvalue weighted by molar-refractivity contribution is -0.136. The normalized spacial score (nSPS) is 11.6. The molecule has 0 atom stereocenters. The van der Waals surface area contributed by atoms with Gasteiger partial charge in [0.05, 0.1) is 23.7 Å². The molecule has 0 saturated carbocycles. The number of carbonyl (C=O) groups excluding carboxylic acids is 1. The highest BCUT2D eigenvalue weighted by molar-refractivity contribution is 7.20. The monoisotopic (exact) mass is 401 g/mol. The molecule has 1 aromatic carbocycles. The number of esters is 1. The minimum Gasteiger partial charge on any atom is -0.465 e. The summed E-state index contributed by atoms with van der Waals surface area (Å²) in [7, 11) is 1.25. The van der Waals surface area contributed by atoms with Crippen LogP contribution in [-0.2, 0) is 10.9 Å². The number of thiophene rings is 1. The van der Waals surface area contributed by atoms with E-state index >= 15 is 0 Å². The molecule has 2 heterocycles. The largest absolute Gasteiger partial charge is 0.465 e. The highest BCUT2D eigenvalue weighted by Crippen LogP contribution is 2.40. The molecule has 0 bridgehead atoms. The predicted molar refractivity (Wildman–Crippen MR) is 93.2 cm³/mol. The average molecular weight is 402 g/mol. The summed E-state index contributed by atoms with van der Waals surface area (Å²) < 4.78 is 44.6. The predicted octanol–water partition coefficient (Wildman–Crippen LogP) is 5.20. The van der Waals surface area contributed by atoms with Crippen LogP contribution in [0.2, 0.25) is 5.02 Å². The molecule has 0 aliphatic rings. The van der Waals surface area contributed by atoms with Crippen molar-refractivity contribution in [2.75, 3.05) is 12.4 Å². The van der Waals surface area contributed by atoms with Crippen LogP contribution in [0.4, 0.5) is 24.7 Å². The van der Waals surface area contributed by atoms with Gasteiger partial charge in [-0.1, -0.05) is 11.6 Å². The molecule has 136 valence electrons. The van der Waals surface area contributed by atoms with Crippen molar-refractivity contribution in [3.63, 3.8) is 0 Å². The molecule has 3 rings (SSSR count). The zero-order valence-electron chi connectivity index (χ0n) is 13.4. The standard InChI is InChI=1S/C16H11ClF3N3O2S/c1-7-11-13(21-6-22-14(11)26-12(7)15(24)25-2)23-10-4-3-8(17)5-9(10)16(18,19)20/h3-6H,1-2H3,(H,21,22,23). The van der Waals surface area contributed by atoms with Crippen molar-refractivity contribution < 1.29 is 22.7 Å². The summed E-state index contributed by atoms with van der Waals surface area (Å²) in [4.78, 5) is 20.8. The third-order valence-corrected chi connectivity index (χ3v) is 5.05. The van der Waals surface area contributed by atoms with Gasteiger partial charge in [-0.05, 0) is 30.7 Å². The molecular weight excluding hydrogens is 391 g/mol. The van der Waals surface area contributed by atoms with Gasteiger partial charge in [0.25, 0.3) is 0 Å². The van der Waals surface area contributed by atoms with Gasteiger partial charge in [-0.15, -0.1) is 11.3 Å². The van der Waals surface area contributed by atoms with Gasteiger partial charge in [0, 0.05) is 5.02 Å². The van der Waals surface area contributed by atoms with Gasteiger partial charge in [-0.3, -0.25) is 0 Å². The summed E-state index contributed by atoms with van der Waals surface area (Å²) in [5.41, 5.74) is -0.590. The maximum Gasteiger partial charge on any atom is 0.418 e. The van der Waals surface area contributed by atoms with Gasteiger partial charge in [0.1, 0.15) is 21.9 Å². The molecule has 0 aliphatic carbocycles. The van der Waals surface area contributed by atoms with Crippen molar-refractivity contribution in [1.29, 1.82) is 0 Å². The summed E-state index contributed by atoms with van der Waals surface area (Å²) in [6.45, 7) is 1.66. The number of benzene rings is 1. The molecule has 0 unspecified atom stereocenters. The van der Waals surface area contributed by atoms with Crippen LogP contribution in [0.25, 0.3) is 10.2 Å². The molecule has 0 aliphatic heterocycles. The van der Waals surface area contributed by atoms with E-state index < -0.39 is 17.7 Å². The molecule has 3 aromatic rings. The van der Waals surface area contributed by atoms with Gasteiger partial charge in [-0.2, -0.15) is 13.2 Å². The van der Waals surface area contributed by atoms with Crippen LogP contribution in [-0.4, -0.2) is 23.0 Å². The Hall–Kier alpha value is -2.39. The first kappa shape index (κ1) is 18.4. The Morgan fingerprint density at radius 3 is 2.69 bits per heavy atom. The van der Waals surface area contributed by atoms with E-state index in [9.17, 15) is 18.0 Å². The number of methoxy groups -OCH3 is 1. The fourth-order valence-electron chi connectivity index (χ4n) is 2.44. The number of carbonyl (C=O) groups is 1. The zero-order valence-corrected chi connectivity index (χ0v) is 15.0. The Balaban J connectivity index is 2.14. The number of halogens is 4. The van der Waals surface area contributed by atoms with Crippen molar-refractivity contribution in [3.05, 3.63) is 45.6 Å². The van der Waals surface area contributed by atoms with Crippen LogP contribution in [0.3, 0.4) is 0 Å². The van der Waals surface area contributed by atoms with Crippen molar-refractivity contribution in [3.8, 4) is 0 Å². The van der Waals surface area contributed by atoms with Crippen LogP contribution >= 0.6 is 22.9 Å². The Labute approximate surface area is 154 Å². The lowest BCUT2D eigenvalue weighted by atomic mass is 10.1. The van der Waals surface area contributed by atoms with Crippen LogP contribution in [0, 0.1) is 6.92 Å². The molecule has 0 fully saturated rings. The van der Waals surface area contributed by atoms with Crippen LogP contribution in [0.1, 0.15) is 20.8 Å². The highest BCUT2D eigenvalue weighted by atomic mass is 35.5. The van der Waals surface area contributed by atoms with E-state index in [2.05, 4.69) is 15.3 Å². The minimum absolute atomic E-state index is 0.0320. The molecule has 0 saturated heterocycles. The first-order valence-electron chi connectivity index (χ1n) is 7.18. The maximum absolute atomic E-state index is 13.3. The summed E-state index contributed by atoms with van der Waals surface area (Å²) >= 11 is 6.78. The smallest absolute Gasteiger partial charge is 0.418 e. The second kappa shape index (κ2) is 6.73. The number of aromatic nitrogens is 2. The fraction of sp³-hybridized carbons (Fsp3) is 0.188. The van der Waals surface area contributed by atoms with Crippen molar-refractivity contribution in [1.82, 2.24) is 9.97 Å². The number of nitrogens with zero attached hydrogens (tertiary/aromatic N) is 2. The summed E-state index contributed by atoms with van der Waals surface area (Å²) in [5, 5.41) is 3.11. The Morgan fingerprint density at radius 1 is 1.31 bits per heavy atom. The molecule has 0 spiro atoms. The molecular formula is C16H11ClF3N3O2S. The number of alkyl halides is 3. The second-order valence-electron chi connectivity index (χ2n) is 5.26. The quantitative estimate of drug-likeness (QED) is 0.611. The number of fused-ring (bicyclic) bond motifs is 1. The SMILES string of the molecule is COC(=O)c1sc2ncnc(Nc3ccc(Cl)cc3C(F)(F)F)c2c1C. The first-order chi connectivity index (χ1) is 12.2. The van der Waals surface area contributed by atoms with Gasteiger partial charge in [0.2, 0.25) is 0 Å². The Kier molecular flexibility index (Phi) is 4.76. The van der Waals surface area contributed by atoms with E-state index in [1.165, 1.54) is 25.6 Å². The second-order valence-corrected chi connectivity index (χ2v) is 6.70. The third-order valence-electron chi connectivity index (χ3n) is 3.64. The van der Waals surface area contributed by atoms with Crippen LogP contribution < -0.4 is 5.32 Å². The highest BCUT2D eigenvalue weighted by Gasteiger charge is 2.34. The summed E-state index contributed by atoms with van der Waals surface area (Å²) in [5.74, 6) is -0.384. The summed E-state index contributed by atoms with van der Waals surface area (Å²) in [6.07, 6.45) is -3.38. The lowest BCUT2D eigenvalue weighted by Crippen LogP contribution is -2.09. The number of rotatable bonds is 3. The van der Waals surface area contributed by atoms with Gasteiger partial charge >= 0.3 is 12.1 Å². The zero-order chi connectivity index (χ0) is 19.1. The van der Waals surface area contributed by atoms with E-state index in [0.717, 1.165) is 17.4 Å². The number of nitrogens with one attached hydrogen (secondary N) is 1. The van der Waals surface area contributed by atoms with Crippen LogP contribution in [0.5, 0.6) is 0 Å². The first-order valence-corrected chi connectivity index (χ1v) is 8.38. The van der Waals surface area contributed by atoms with E-state index in [4.69, 9.17) is 16.3 Å². The minimum atomic E-state index is -4.60. The molecule has 10 heteroatoms. The van der Waals surface area contributed by atoms with E-state index in [1.54, 1.807) is 6.92 Å². The van der Waals surface area contributed by atoms with E-state index in [0.29, 0.717) is 20.7 Å². The Bertz CT molecular complexity index is 1000. The van der Waals surface area contributed by atoms with Crippen molar-refractivity contribution >= 4 is 50.6 Å². The summed E-state index contributed by atoms with van der Waals surface area (Å²) in [6, 6.07) is 3.41.